The van der Waals surface area contributed by atoms with Crippen LogP contribution in [0.15, 0.2) is 42.5 Å². The van der Waals surface area contributed by atoms with Gasteiger partial charge in [-0.25, -0.2) is 8.78 Å². The summed E-state index contributed by atoms with van der Waals surface area (Å²) in [6, 6.07) is 12.4. The predicted octanol–water partition coefficient (Wildman–Crippen LogP) is 4.99. The third kappa shape index (κ3) is 4.42. The van der Waals surface area contributed by atoms with Gasteiger partial charge in [-0.15, -0.1) is 0 Å². The maximum absolute atomic E-state index is 13.5. The van der Waals surface area contributed by atoms with Gasteiger partial charge < -0.3 is 5.32 Å². The standard InChI is InChI=1S/C22H25F2N3/c1-14-5-7-18(8-6-14)13-27-17(4)20(16(3)26-27)12-25-15(2)19-9-10-21(23)22(24)11-19/h5-11,15,25H,12-13H2,1-4H3/t15-/m0/s1. The Morgan fingerprint density at radius 1 is 1.00 bits per heavy atom. The molecule has 2 aromatic carbocycles. The molecule has 0 radical (unpaired) electrons. The Balaban J connectivity index is 1.70. The zero-order valence-corrected chi connectivity index (χ0v) is 16.2. The van der Waals surface area contributed by atoms with Crippen LogP contribution >= 0.6 is 0 Å². The lowest BCUT2D eigenvalue weighted by atomic mass is 10.1. The predicted molar refractivity (Wildman–Crippen MR) is 104 cm³/mol. The van der Waals surface area contributed by atoms with Crippen LogP contribution < -0.4 is 5.32 Å². The number of halogens is 2. The fourth-order valence-corrected chi connectivity index (χ4v) is 3.16. The second kappa shape index (κ2) is 8.01. The first-order valence-electron chi connectivity index (χ1n) is 9.12. The Morgan fingerprint density at radius 2 is 1.70 bits per heavy atom. The van der Waals surface area contributed by atoms with Crippen molar-refractivity contribution < 1.29 is 8.78 Å². The van der Waals surface area contributed by atoms with Gasteiger partial charge in [0.25, 0.3) is 0 Å². The minimum Gasteiger partial charge on any atom is -0.306 e. The molecule has 1 heterocycles. The number of hydrogen-bond acceptors (Lipinski definition) is 2. The van der Waals surface area contributed by atoms with Crippen molar-refractivity contribution in [1.29, 1.82) is 0 Å². The molecule has 1 N–H and O–H groups in total. The fourth-order valence-electron chi connectivity index (χ4n) is 3.16. The molecular formula is C22H25F2N3. The molecule has 0 aliphatic carbocycles. The maximum Gasteiger partial charge on any atom is 0.159 e. The number of nitrogens with zero attached hydrogens (tertiary/aromatic N) is 2. The number of aromatic nitrogens is 2. The van der Waals surface area contributed by atoms with E-state index in [4.69, 9.17) is 0 Å². The van der Waals surface area contributed by atoms with Gasteiger partial charge in [-0.3, -0.25) is 4.68 Å². The molecule has 0 saturated carbocycles. The number of benzene rings is 2. The van der Waals surface area contributed by atoms with E-state index in [-0.39, 0.29) is 6.04 Å². The second-order valence-electron chi connectivity index (χ2n) is 7.07. The molecule has 0 unspecified atom stereocenters. The van der Waals surface area contributed by atoms with E-state index in [1.54, 1.807) is 6.07 Å². The van der Waals surface area contributed by atoms with Gasteiger partial charge in [-0.05, 0) is 51.0 Å². The molecule has 0 aliphatic rings. The van der Waals surface area contributed by atoms with Gasteiger partial charge in [-0.2, -0.15) is 5.10 Å². The van der Waals surface area contributed by atoms with E-state index in [0.717, 1.165) is 29.1 Å². The number of aryl methyl sites for hydroxylation is 2. The Hall–Kier alpha value is -2.53. The zero-order chi connectivity index (χ0) is 19.6. The normalized spacial score (nSPS) is 12.4. The van der Waals surface area contributed by atoms with Gasteiger partial charge >= 0.3 is 0 Å². The van der Waals surface area contributed by atoms with Crippen molar-refractivity contribution in [2.75, 3.05) is 0 Å². The SMILES string of the molecule is Cc1ccc(Cn2nc(C)c(CN[C@@H](C)c3ccc(F)c(F)c3)c2C)cc1. The molecule has 27 heavy (non-hydrogen) atoms. The van der Waals surface area contributed by atoms with Crippen molar-refractivity contribution in [3.63, 3.8) is 0 Å². The van der Waals surface area contributed by atoms with Gasteiger partial charge in [-0.1, -0.05) is 35.9 Å². The van der Waals surface area contributed by atoms with Crippen molar-refractivity contribution in [3.8, 4) is 0 Å². The first-order chi connectivity index (χ1) is 12.8. The van der Waals surface area contributed by atoms with Crippen LogP contribution in [0, 0.1) is 32.4 Å². The summed E-state index contributed by atoms with van der Waals surface area (Å²) in [6.07, 6.45) is 0. The topological polar surface area (TPSA) is 29.9 Å². The highest BCUT2D eigenvalue weighted by molar-refractivity contribution is 5.28. The lowest BCUT2D eigenvalue weighted by Gasteiger charge is -2.15. The van der Waals surface area contributed by atoms with E-state index in [9.17, 15) is 8.78 Å². The fraction of sp³-hybridized carbons (Fsp3) is 0.318. The minimum absolute atomic E-state index is 0.0978. The molecule has 0 amide bonds. The van der Waals surface area contributed by atoms with E-state index < -0.39 is 11.6 Å². The molecular weight excluding hydrogens is 344 g/mol. The van der Waals surface area contributed by atoms with E-state index in [1.807, 2.05) is 18.5 Å². The van der Waals surface area contributed by atoms with Crippen LogP contribution in [-0.4, -0.2) is 9.78 Å². The van der Waals surface area contributed by atoms with Crippen molar-refractivity contribution in [2.45, 2.75) is 46.8 Å². The van der Waals surface area contributed by atoms with E-state index in [2.05, 4.69) is 48.5 Å². The smallest absolute Gasteiger partial charge is 0.159 e. The van der Waals surface area contributed by atoms with Gasteiger partial charge in [0.05, 0.1) is 12.2 Å². The van der Waals surface area contributed by atoms with E-state index >= 15 is 0 Å². The Morgan fingerprint density at radius 3 is 2.37 bits per heavy atom. The number of hydrogen-bond donors (Lipinski definition) is 1. The molecule has 0 saturated heterocycles. The molecule has 5 heteroatoms. The second-order valence-corrected chi connectivity index (χ2v) is 7.07. The largest absolute Gasteiger partial charge is 0.306 e. The summed E-state index contributed by atoms with van der Waals surface area (Å²) in [5, 5.41) is 8.06. The highest BCUT2D eigenvalue weighted by atomic mass is 19.2. The molecule has 0 bridgehead atoms. The van der Waals surface area contributed by atoms with Crippen LogP contribution in [0.25, 0.3) is 0 Å². The Kier molecular flexibility index (Phi) is 5.71. The van der Waals surface area contributed by atoms with Gasteiger partial charge in [0.2, 0.25) is 0 Å². The Labute approximate surface area is 159 Å². The lowest BCUT2D eigenvalue weighted by molar-refractivity contribution is 0.500. The number of rotatable bonds is 6. The Bertz CT molecular complexity index is 929. The quantitative estimate of drug-likeness (QED) is 0.664. The highest BCUT2D eigenvalue weighted by Gasteiger charge is 2.14. The summed E-state index contributed by atoms with van der Waals surface area (Å²) >= 11 is 0. The molecule has 1 atom stereocenters. The summed E-state index contributed by atoms with van der Waals surface area (Å²) < 4.78 is 28.6. The van der Waals surface area contributed by atoms with Gasteiger partial charge in [0.15, 0.2) is 11.6 Å². The summed E-state index contributed by atoms with van der Waals surface area (Å²) in [5.41, 5.74) is 6.39. The van der Waals surface area contributed by atoms with Crippen molar-refractivity contribution in [2.24, 2.45) is 0 Å². The number of nitrogens with one attached hydrogen (secondary N) is 1. The minimum atomic E-state index is -0.824. The van der Waals surface area contributed by atoms with Crippen LogP contribution in [0.1, 0.15) is 46.6 Å². The zero-order valence-electron chi connectivity index (χ0n) is 16.2. The molecule has 3 rings (SSSR count). The summed E-state index contributed by atoms with van der Waals surface area (Å²) in [7, 11) is 0. The molecule has 142 valence electrons. The molecule has 3 aromatic rings. The molecule has 0 aliphatic heterocycles. The van der Waals surface area contributed by atoms with Crippen LogP contribution in [0.5, 0.6) is 0 Å². The highest BCUT2D eigenvalue weighted by Crippen LogP contribution is 2.19. The molecule has 3 nitrogen and oxygen atoms in total. The maximum atomic E-state index is 13.5. The van der Waals surface area contributed by atoms with E-state index in [1.165, 1.54) is 23.3 Å². The first kappa shape index (κ1) is 19.2. The monoisotopic (exact) mass is 369 g/mol. The lowest BCUT2D eigenvalue weighted by Crippen LogP contribution is -2.19. The molecule has 0 fully saturated rings. The van der Waals surface area contributed by atoms with Crippen LogP contribution in [0.4, 0.5) is 8.78 Å². The third-order valence-corrected chi connectivity index (χ3v) is 5.01. The van der Waals surface area contributed by atoms with Crippen molar-refractivity contribution >= 4 is 0 Å². The molecule has 0 spiro atoms. The summed E-state index contributed by atoms with van der Waals surface area (Å²) in [5.74, 6) is -1.64. The first-order valence-corrected chi connectivity index (χ1v) is 9.12. The average molecular weight is 369 g/mol. The molecule has 1 aromatic heterocycles. The van der Waals surface area contributed by atoms with Crippen molar-refractivity contribution in [1.82, 2.24) is 15.1 Å². The summed E-state index contributed by atoms with van der Waals surface area (Å²) in [6.45, 7) is 9.42. The summed E-state index contributed by atoms with van der Waals surface area (Å²) in [4.78, 5) is 0. The van der Waals surface area contributed by atoms with E-state index in [0.29, 0.717) is 6.54 Å². The van der Waals surface area contributed by atoms with Crippen LogP contribution in [0.3, 0.4) is 0 Å². The van der Waals surface area contributed by atoms with Crippen LogP contribution in [-0.2, 0) is 13.1 Å². The van der Waals surface area contributed by atoms with Crippen molar-refractivity contribution in [3.05, 3.63) is 87.7 Å². The average Bonchev–Trinajstić information content (AvgIpc) is 2.90. The van der Waals surface area contributed by atoms with Gasteiger partial charge in [0, 0.05) is 23.8 Å². The van der Waals surface area contributed by atoms with Gasteiger partial charge in [0.1, 0.15) is 0 Å². The third-order valence-electron chi connectivity index (χ3n) is 5.01. The van der Waals surface area contributed by atoms with Crippen LogP contribution in [0.2, 0.25) is 0 Å².